The number of hydrogen-bond donors (Lipinski definition) is 0. The number of carbonyl (C=O) groups is 1. The van der Waals surface area contributed by atoms with Crippen molar-refractivity contribution in [2.45, 2.75) is 25.5 Å². The first-order valence-corrected chi connectivity index (χ1v) is 7.12. The molecule has 0 spiro atoms. The first-order chi connectivity index (χ1) is 6.49. The van der Waals surface area contributed by atoms with Crippen molar-refractivity contribution >= 4 is 29.4 Å². The van der Waals surface area contributed by atoms with Crippen molar-refractivity contribution in [1.29, 1.82) is 0 Å². The molecule has 0 aromatic carbocycles. The van der Waals surface area contributed by atoms with E-state index in [1.165, 1.54) is 0 Å². The molecule has 82 valence electrons. The van der Waals surface area contributed by atoms with Crippen molar-refractivity contribution in [2.24, 2.45) is 0 Å². The Hall–Kier alpha value is 0.170. The minimum atomic E-state index is 0.195. The number of rotatable bonds is 2. The van der Waals surface area contributed by atoms with Crippen LogP contribution in [0, 0.1) is 0 Å². The molecular formula is C10H19NOS2. The van der Waals surface area contributed by atoms with E-state index in [1.54, 1.807) is 11.8 Å². The molecule has 4 heteroatoms. The summed E-state index contributed by atoms with van der Waals surface area (Å²) in [4.78, 5) is 13.7. The van der Waals surface area contributed by atoms with Gasteiger partial charge in [-0.15, -0.1) is 11.8 Å². The SMILES string of the molecule is CC(C)(C)SCC(=O)N1CCSCC1. The van der Waals surface area contributed by atoms with Crippen LogP contribution in [0.15, 0.2) is 0 Å². The molecule has 0 aromatic rings. The zero-order valence-corrected chi connectivity index (χ0v) is 10.8. The molecule has 1 heterocycles. The number of nitrogens with zero attached hydrogens (tertiary/aromatic N) is 1. The van der Waals surface area contributed by atoms with Crippen LogP contribution in [0.25, 0.3) is 0 Å². The van der Waals surface area contributed by atoms with Gasteiger partial charge in [0.05, 0.1) is 5.75 Å². The Morgan fingerprint density at radius 1 is 1.36 bits per heavy atom. The van der Waals surface area contributed by atoms with Crippen LogP contribution in [-0.2, 0) is 4.79 Å². The number of thioether (sulfide) groups is 2. The van der Waals surface area contributed by atoms with Gasteiger partial charge in [0.1, 0.15) is 0 Å². The Balaban J connectivity index is 2.27. The van der Waals surface area contributed by atoms with Gasteiger partial charge in [-0.2, -0.15) is 11.8 Å². The van der Waals surface area contributed by atoms with Crippen molar-refractivity contribution in [1.82, 2.24) is 4.90 Å². The summed E-state index contributed by atoms with van der Waals surface area (Å²) < 4.78 is 0.195. The van der Waals surface area contributed by atoms with Gasteiger partial charge in [0, 0.05) is 29.3 Å². The Labute approximate surface area is 95.2 Å². The number of carbonyl (C=O) groups excluding carboxylic acids is 1. The van der Waals surface area contributed by atoms with E-state index in [2.05, 4.69) is 20.8 Å². The lowest BCUT2D eigenvalue weighted by Crippen LogP contribution is -2.39. The van der Waals surface area contributed by atoms with Crippen molar-refractivity contribution in [2.75, 3.05) is 30.3 Å². The van der Waals surface area contributed by atoms with Gasteiger partial charge in [-0.25, -0.2) is 0 Å². The number of hydrogen-bond acceptors (Lipinski definition) is 3. The molecule has 0 unspecified atom stereocenters. The standard InChI is InChI=1S/C10H19NOS2/c1-10(2,3)14-8-9(12)11-4-6-13-7-5-11/h4-8H2,1-3H3. The maximum absolute atomic E-state index is 11.7. The van der Waals surface area contributed by atoms with Crippen LogP contribution >= 0.6 is 23.5 Å². The Bertz CT molecular complexity index is 195. The quantitative estimate of drug-likeness (QED) is 0.728. The van der Waals surface area contributed by atoms with Crippen molar-refractivity contribution < 1.29 is 4.79 Å². The topological polar surface area (TPSA) is 20.3 Å². The molecule has 0 aliphatic carbocycles. The van der Waals surface area contributed by atoms with E-state index in [0.29, 0.717) is 11.7 Å². The largest absolute Gasteiger partial charge is 0.340 e. The zero-order valence-electron chi connectivity index (χ0n) is 9.21. The monoisotopic (exact) mass is 233 g/mol. The first kappa shape index (κ1) is 12.2. The van der Waals surface area contributed by atoms with Gasteiger partial charge in [0.25, 0.3) is 0 Å². The Kier molecular flexibility index (Phi) is 4.64. The lowest BCUT2D eigenvalue weighted by molar-refractivity contribution is -0.127. The second kappa shape index (κ2) is 5.31. The second-order valence-electron chi connectivity index (χ2n) is 4.39. The minimum Gasteiger partial charge on any atom is -0.340 e. The molecule has 1 rings (SSSR count). The third-order valence-electron chi connectivity index (χ3n) is 1.99. The summed E-state index contributed by atoms with van der Waals surface area (Å²) >= 11 is 3.68. The smallest absolute Gasteiger partial charge is 0.232 e. The van der Waals surface area contributed by atoms with Crippen LogP contribution in [0.4, 0.5) is 0 Å². The summed E-state index contributed by atoms with van der Waals surface area (Å²) in [6.45, 7) is 8.33. The molecular weight excluding hydrogens is 214 g/mol. The average molecular weight is 233 g/mol. The molecule has 2 nitrogen and oxygen atoms in total. The van der Waals surface area contributed by atoms with E-state index in [0.717, 1.165) is 24.6 Å². The highest BCUT2D eigenvalue weighted by molar-refractivity contribution is 8.01. The first-order valence-electron chi connectivity index (χ1n) is 4.98. The van der Waals surface area contributed by atoms with Gasteiger partial charge >= 0.3 is 0 Å². The summed E-state index contributed by atoms with van der Waals surface area (Å²) in [5, 5.41) is 0. The average Bonchev–Trinajstić information content (AvgIpc) is 2.14. The van der Waals surface area contributed by atoms with E-state index >= 15 is 0 Å². The third-order valence-corrected chi connectivity index (χ3v) is 4.19. The Morgan fingerprint density at radius 2 is 1.93 bits per heavy atom. The molecule has 0 saturated carbocycles. The molecule has 1 aliphatic heterocycles. The highest BCUT2D eigenvalue weighted by atomic mass is 32.2. The lowest BCUT2D eigenvalue weighted by Gasteiger charge is -2.27. The molecule has 1 amide bonds. The van der Waals surface area contributed by atoms with Crippen LogP contribution in [0.2, 0.25) is 0 Å². The molecule has 14 heavy (non-hydrogen) atoms. The van der Waals surface area contributed by atoms with Crippen LogP contribution < -0.4 is 0 Å². The predicted molar refractivity (Wildman–Crippen MR) is 66.1 cm³/mol. The van der Waals surface area contributed by atoms with Gasteiger partial charge in [-0.05, 0) is 0 Å². The van der Waals surface area contributed by atoms with E-state index < -0.39 is 0 Å². The summed E-state index contributed by atoms with van der Waals surface area (Å²) in [5.74, 6) is 3.15. The van der Waals surface area contributed by atoms with Crippen molar-refractivity contribution in [3.63, 3.8) is 0 Å². The van der Waals surface area contributed by atoms with Gasteiger partial charge in [0.2, 0.25) is 5.91 Å². The maximum atomic E-state index is 11.7. The fourth-order valence-electron chi connectivity index (χ4n) is 1.18. The van der Waals surface area contributed by atoms with Crippen molar-refractivity contribution in [3.05, 3.63) is 0 Å². The summed E-state index contributed by atoms with van der Waals surface area (Å²) in [6.07, 6.45) is 0. The fraction of sp³-hybridized carbons (Fsp3) is 0.900. The van der Waals surface area contributed by atoms with E-state index in [-0.39, 0.29) is 4.75 Å². The minimum absolute atomic E-state index is 0.195. The van der Waals surface area contributed by atoms with Crippen LogP contribution in [0.1, 0.15) is 20.8 Å². The van der Waals surface area contributed by atoms with Gasteiger partial charge < -0.3 is 4.90 Å². The highest BCUT2D eigenvalue weighted by Gasteiger charge is 2.19. The molecule has 1 aliphatic rings. The van der Waals surface area contributed by atoms with Gasteiger partial charge in [0.15, 0.2) is 0 Å². The second-order valence-corrected chi connectivity index (χ2v) is 7.42. The van der Waals surface area contributed by atoms with Crippen LogP contribution in [0.5, 0.6) is 0 Å². The molecule has 0 radical (unpaired) electrons. The van der Waals surface area contributed by atoms with Gasteiger partial charge in [-0.1, -0.05) is 20.8 Å². The van der Waals surface area contributed by atoms with Gasteiger partial charge in [-0.3, -0.25) is 4.79 Å². The summed E-state index contributed by atoms with van der Waals surface area (Å²) in [7, 11) is 0. The molecule has 0 atom stereocenters. The third kappa shape index (κ3) is 4.60. The van der Waals surface area contributed by atoms with Crippen LogP contribution in [0.3, 0.4) is 0 Å². The Morgan fingerprint density at radius 3 is 2.43 bits per heavy atom. The van der Waals surface area contributed by atoms with Crippen molar-refractivity contribution in [3.8, 4) is 0 Å². The van der Waals surface area contributed by atoms with Crippen LogP contribution in [-0.4, -0.2) is 45.9 Å². The van der Waals surface area contributed by atoms with E-state index in [9.17, 15) is 4.79 Å². The number of amides is 1. The molecule has 0 N–H and O–H groups in total. The maximum Gasteiger partial charge on any atom is 0.232 e. The fourth-order valence-corrected chi connectivity index (χ4v) is 2.82. The predicted octanol–water partition coefficient (Wildman–Crippen LogP) is 2.09. The van der Waals surface area contributed by atoms with E-state index in [4.69, 9.17) is 0 Å². The highest BCUT2D eigenvalue weighted by Crippen LogP contribution is 2.23. The normalized spacial score (nSPS) is 18.4. The zero-order chi connectivity index (χ0) is 10.6. The summed E-state index contributed by atoms with van der Waals surface area (Å²) in [5.41, 5.74) is 0. The van der Waals surface area contributed by atoms with E-state index in [1.807, 2.05) is 16.7 Å². The molecule has 0 aromatic heterocycles. The summed E-state index contributed by atoms with van der Waals surface area (Å²) in [6, 6.07) is 0. The molecule has 1 fully saturated rings. The molecule has 1 saturated heterocycles. The molecule has 0 bridgehead atoms. The lowest BCUT2D eigenvalue weighted by atomic mass is 10.3.